The fourth-order valence-electron chi connectivity index (χ4n) is 4.44. The number of benzene rings is 1. The molecule has 5 rings (SSSR count). The molecule has 1 saturated carbocycles. The standard InChI is InChI=1S/C27H29N3OS/c1-17-11-21(6-9-25(17)29-14-18(2)28-16-29)12-23-13-24(22-7-8-22)15-30(27(23)31)20(4)26-10-5-19(3)32-26/h5-6,9-11,13-16,20,22H,7-8,12H2,1-4H3/t20-/m0/s1. The van der Waals surface area contributed by atoms with Crippen molar-refractivity contribution in [3.8, 4) is 5.69 Å². The van der Waals surface area contributed by atoms with E-state index in [2.05, 4.69) is 72.9 Å². The van der Waals surface area contributed by atoms with Gasteiger partial charge in [-0.2, -0.15) is 0 Å². The van der Waals surface area contributed by atoms with E-state index in [1.54, 1.807) is 11.3 Å². The Morgan fingerprint density at radius 3 is 2.53 bits per heavy atom. The summed E-state index contributed by atoms with van der Waals surface area (Å²) in [6, 6.07) is 13.0. The second kappa shape index (κ2) is 8.21. The minimum Gasteiger partial charge on any atom is -0.307 e. The van der Waals surface area contributed by atoms with Crippen LogP contribution in [-0.4, -0.2) is 14.1 Å². The number of aromatic nitrogens is 3. The maximum absolute atomic E-state index is 13.5. The lowest BCUT2D eigenvalue weighted by atomic mass is 10.0. The third kappa shape index (κ3) is 4.09. The zero-order valence-corrected chi connectivity index (χ0v) is 19.9. The maximum Gasteiger partial charge on any atom is 0.254 e. The highest BCUT2D eigenvalue weighted by atomic mass is 32.1. The molecule has 0 N–H and O–H groups in total. The van der Waals surface area contributed by atoms with Gasteiger partial charge in [-0.25, -0.2) is 4.98 Å². The highest BCUT2D eigenvalue weighted by Crippen LogP contribution is 2.40. The molecule has 0 radical (unpaired) electrons. The van der Waals surface area contributed by atoms with Crippen molar-refractivity contribution in [2.45, 2.75) is 58.9 Å². The van der Waals surface area contributed by atoms with Gasteiger partial charge in [0, 0.05) is 39.8 Å². The van der Waals surface area contributed by atoms with Crippen molar-refractivity contribution in [3.63, 3.8) is 0 Å². The Morgan fingerprint density at radius 2 is 1.91 bits per heavy atom. The van der Waals surface area contributed by atoms with Crippen LogP contribution in [0, 0.1) is 20.8 Å². The second-order valence-corrected chi connectivity index (χ2v) is 10.4. The summed E-state index contributed by atoms with van der Waals surface area (Å²) in [5.74, 6) is 0.603. The lowest BCUT2D eigenvalue weighted by molar-refractivity contribution is 0.614. The van der Waals surface area contributed by atoms with E-state index in [1.807, 2.05) is 24.0 Å². The van der Waals surface area contributed by atoms with Crippen molar-refractivity contribution in [2.24, 2.45) is 0 Å². The predicted molar refractivity (Wildman–Crippen MR) is 131 cm³/mol. The van der Waals surface area contributed by atoms with Gasteiger partial charge in [0.2, 0.25) is 0 Å². The first-order valence-corrected chi connectivity index (χ1v) is 12.1. The number of rotatable bonds is 6. The molecule has 1 fully saturated rings. The van der Waals surface area contributed by atoms with E-state index in [9.17, 15) is 4.79 Å². The van der Waals surface area contributed by atoms with Crippen LogP contribution >= 0.6 is 11.3 Å². The first kappa shape index (κ1) is 21.0. The summed E-state index contributed by atoms with van der Waals surface area (Å²) in [5.41, 5.74) is 6.79. The van der Waals surface area contributed by atoms with Crippen molar-refractivity contribution < 1.29 is 0 Å². The molecule has 0 bridgehead atoms. The molecule has 32 heavy (non-hydrogen) atoms. The van der Waals surface area contributed by atoms with Gasteiger partial charge in [-0.15, -0.1) is 11.3 Å². The fraction of sp³-hybridized carbons (Fsp3) is 0.333. The van der Waals surface area contributed by atoms with Crippen LogP contribution in [-0.2, 0) is 6.42 Å². The number of imidazole rings is 1. The lowest BCUT2D eigenvalue weighted by Gasteiger charge is -2.18. The SMILES string of the molecule is Cc1cn(-c2ccc(Cc3cc(C4CC4)cn([C@@H](C)c4ccc(C)s4)c3=O)cc2C)cn1. The van der Waals surface area contributed by atoms with Crippen molar-refractivity contribution in [1.82, 2.24) is 14.1 Å². The Morgan fingerprint density at radius 1 is 1.09 bits per heavy atom. The third-order valence-electron chi connectivity index (χ3n) is 6.42. The van der Waals surface area contributed by atoms with E-state index in [4.69, 9.17) is 0 Å². The summed E-state index contributed by atoms with van der Waals surface area (Å²) in [5, 5.41) is 0. The summed E-state index contributed by atoms with van der Waals surface area (Å²) in [6.07, 6.45) is 9.10. The number of hydrogen-bond donors (Lipinski definition) is 0. The van der Waals surface area contributed by atoms with Gasteiger partial charge in [-0.1, -0.05) is 12.1 Å². The molecule has 0 spiro atoms. The van der Waals surface area contributed by atoms with Crippen molar-refractivity contribution in [2.75, 3.05) is 0 Å². The Labute approximate surface area is 193 Å². The normalized spacial score (nSPS) is 14.6. The van der Waals surface area contributed by atoms with E-state index in [1.165, 1.54) is 39.3 Å². The molecule has 1 aromatic carbocycles. The Hall–Kier alpha value is -2.92. The van der Waals surface area contributed by atoms with E-state index in [-0.39, 0.29) is 11.6 Å². The van der Waals surface area contributed by atoms with Crippen LogP contribution in [0.4, 0.5) is 0 Å². The fourth-order valence-corrected chi connectivity index (χ4v) is 5.37. The maximum atomic E-state index is 13.5. The topological polar surface area (TPSA) is 39.8 Å². The van der Waals surface area contributed by atoms with Crippen LogP contribution in [0.1, 0.15) is 69.4 Å². The molecule has 4 aromatic rings. The van der Waals surface area contributed by atoms with Gasteiger partial charge >= 0.3 is 0 Å². The molecule has 1 aliphatic rings. The molecular formula is C27H29N3OS. The van der Waals surface area contributed by atoms with Gasteiger partial charge in [0.1, 0.15) is 0 Å². The van der Waals surface area contributed by atoms with Crippen LogP contribution in [0.2, 0.25) is 0 Å². The zero-order valence-electron chi connectivity index (χ0n) is 19.1. The minimum absolute atomic E-state index is 0.0484. The van der Waals surface area contributed by atoms with Crippen LogP contribution in [0.3, 0.4) is 0 Å². The molecule has 164 valence electrons. The lowest BCUT2D eigenvalue weighted by Crippen LogP contribution is -2.27. The molecular weight excluding hydrogens is 414 g/mol. The number of nitrogens with zero attached hydrogens (tertiary/aromatic N) is 3. The second-order valence-electron chi connectivity index (χ2n) is 9.13. The van der Waals surface area contributed by atoms with Crippen molar-refractivity contribution in [1.29, 1.82) is 0 Å². The van der Waals surface area contributed by atoms with Crippen LogP contribution in [0.25, 0.3) is 5.69 Å². The first-order chi connectivity index (χ1) is 15.4. The monoisotopic (exact) mass is 443 g/mol. The highest BCUT2D eigenvalue weighted by molar-refractivity contribution is 7.12. The van der Waals surface area contributed by atoms with Crippen molar-refractivity contribution in [3.05, 3.63) is 103 Å². The molecule has 3 heterocycles. The van der Waals surface area contributed by atoms with Gasteiger partial charge in [0.25, 0.3) is 5.56 Å². The molecule has 0 saturated heterocycles. The number of aryl methyl sites for hydroxylation is 3. The van der Waals surface area contributed by atoms with E-state index in [0.717, 1.165) is 16.9 Å². The highest BCUT2D eigenvalue weighted by Gasteiger charge is 2.26. The summed E-state index contributed by atoms with van der Waals surface area (Å²) in [7, 11) is 0. The molecule has 0 amide bonds. The van der Waals surface area contributed by atoms with E-state index >= 15 is 0 Å². The molecule has 0 aliphatic heterocycles. The van der Waals surface area contributed by atoms with E-state index < -0.39 is 0 Å². The summed E-state index contributed by atoms with van der Waals surface area (Å²) < 4.78 is 4.02. The number of thiophene rings is 1. The average Bonchev–Trinajstić information content (AvgIpc) is 3.39. The summed E-state index contributed by atoms with van der Waals surface area (Å²) in [6.45, 7) is 8.37. The first-order valence-electron chi connectivity index (χ1n) is 11.3. The molecule has 0 unspecified atom stereocenters. The van der Waals surface area contributed by atoms with Gasteiger partial charge in [-0.05, 0) is 87.4 Å². The largest absolute Gasteiger partial charge is 0.307 e. The quantitative estimate of drug-likeness (QED) is 0.361. The Kier molecular flexibility index (Phi) is 5.38. The molecule has 1 atom stereocenters. The zero-order chi connectivity index (χ0) is 22.4. The number of pyridine rings is 1. The molecule has 1 aliphatic carbocycles. The predicted octanol–water partition coefficient (Wildman–Crippen LogP) is 6.10. The summed E-state index contributed by atoms with van der Waals surface area (Å²) >= 11 is 1.78. The van der Waals surface area contributed by atoms with Crippen molar-refractivity contribution >= 4 is 11.3 Å². The third-order valence-corrected chi connectivity index (χ3v) is 7.59. The van der Waals surface area contributed by atoms with Gasteiger partial charge < -0.3 is 9.13 Å². The average molecular weight is 444 g/mol. The van der Waals surface area contributed by atoms with Gasteiger partial charge in [-0.3, -0.25) is 4.79 Å². The smallest absolute Gasteiger partial charge is 0.254 e. The van der Waals surface area contributed by atoms with Gasteiger partial charge in [0.15, 0.2) is 0 Å². The van der Waals surface area contributed by atoms with Crippen LogP contribution in [0.5, 0.6) is 0 Å². The number of hydrogen-bond acceptors (Lipinski definition) is 3. The van der Waals surface area contributed by atoms with Crippen LogP contribution in [0.15, 0.2) is 59.9 Å². The molecule has 3 aromatic heterocycles. The molecule has 5 heteroatoms. The van der Waals surface area contributed by atoms with Gasteiger partial charge in [0.05, 0.1) is 18.1 Å². The summed E-state index contributed by atoms with van der Waals surface area (Å²) in [4.78, 5) is 20.4. The van der Waals surface area contributed by atoms with Crippen LogP contribution < -0.4 is 5.56 Å². The Balaban J connectivity index is 1.50. The minimum atomic E-state index is 0.0484. The molecule has 4 nitrogen and oxygen atoms in total. The van der Waals surface area contributed by atoms with E-state index in [0.29, 0.717) is 12.3 Å². The Bertz CT molecular complexity index is 1340.